The molecule has 1 amide bonds. The fourth-order valence-electron chi connectivity index (χ4n) is 2.63. The van der Waals surface area contributed by atoms with Crippen LogP contribution in [0.2, 0.25) is 0 Å². The number of carbonyl (C=O) groups is 1. The second-order valence-electron chi connectivity index (χ2n) is 5.43. The van der Waals surface area contributed by atoms with E-state index < -0.39 is 6.04 Å². The second kappa shape index (κ2) is 6.17. The van der Waals surface area contributed by atoms with E-state index in [-0.39, 0.29) is 5.91 Å². The van der Waals surface area contributed by atoms with Crippen molar-refractivity contribution < 1.29 is 14.1 Å². The van der Waals surface area contributed by atoms with Crippen LogP contribution in [0.15, 0.2) is 34.4 Å². The minimum absolute atomic E-state index is 0.118. The predicted octanol–water partition coefficient (Wildman–Crippen LogP) is 1.75. The van der Waals surface area contributed by atoms with Gasteiger partial charge >= 0.3 is 0 Å². The van der Waals surface area contributed by atoms with Crippen molar-refractivity contribution >= 4 is 17.2 Å². The zero-order valence-electron chi connectivity index (χ0n) is 13.0. The SMILES string of the molecule is Cn1cc(C(=O)N2CCOC[C@@H]2c2nc(-c3cccs3)no2)cn1. The van der Waals surface area contributed by atoms with Gasteiger partial charge < -0.3 is 14.2 Å². The smallest absolute Gasteiger partial charge is 0.257 e. The number of morpholine rings is 1. The van der Waals surface area contributed by atoms with Crippen LogP contribution in [-0.2, 0) is 11.8 Å². The van der Waals surface area contributed by atoms with Crippen molar-refractivity contribution in [2.24, 2.45) is 7.05 Å². The summed E-state index contributed by atoms with van der Waals surface area (Å²) in [4.78, 5) is 19.8. The molecule has 1 aliphatic rings. The van der Waals surface area contributed by atoms with Gasteiger partial charge in [0.2, 0.25) is 5.82 Å². The number of ether oxygens (including phenoxy) is 1. The van der Waals surface area contributed by atoms with E-state index in [1.54, 1.807) is 29.0 Å². The molecule has 8 nitrogen and oxygen atoms in total. The maximum atomic E-state index is 12.8. The van der Waals surface area contributed by atoms with Gasteiger partial charge in [0.25, 0.3) is 11.8 Å². The number of nitrogens with zero attached hydrogens (tertiary/aromatic N) is 5. The average Bonchev–Trinajstić information content (AvgIpc) is 3.35. The quantitative estimate of drug-likeness (QED) is 0.719. The molecule has 1 aliphatic heterocycles. The van der Waals surface area contributed by atoms with E-state index in [0.717, 1.165) is 4.88 Å². The van der Waals surface area contributed by atoms with Gasteiger partial charge in [-0.05, 0) is 11.4 Å². The molecular formula is C15H15N5O3S. The van der Waals surface area contributed by atoms with Crippen LogP contribution in [0.25, 0.3) is 10.7 Å². The fraction of sp³-hybridized carbons (Fsp3) is 0.333. The normalized spacial score (nSPS) is 18.0. The maximum absolute atomic E-state index is 12.8. The van der Waals surface area contributed by atoms with Crippen LogP contribution in [0.5, 0.6) is 0 Å². The molecule has 24 heavy (non-hydrogen) atoms. The zero-order valence-corrected chi connectivity index (χ0v) is 13.8. The average molecular weight is 345 g/mol. The third kappa shape index (κ3) is 2.72. The van der Waals surface area contributed by atoms with Crippen molar-refractivity contribution in [1.82, 2.24) is 24.8 Å². The molecule has 1 fully saturated rings. The molecule has 0 aliphatic carbocycles. The van der Waals surface area contributed by atoms with Crippen LogP contribution in [0.1, 0.15) is 22.3 Å². The van der Waals surface area contributed by atoms with Gasteiger partial charge in [-0.1, -0.05) is 11.2 Å². The lowest BCUT2D eigenvalue weighted by Gasteiger charge is -2.32. The first-order valence-electron chi connectivity index (χ1n) is 7.47. The first-order valence-corrected chi connectivity index (χ1v) is 8.35. The van der Waals surface area contributed by atoms with E-state index in [1.807, 2.05) is 17.5 Å². The molecule has 3 aromatic heterocycles. The molecule has 124 valence electrons. The van der Waals surface area contributed by atoms with Gasteiger partial charge in [-0.25, -0.2) is 0 Å². The number of rotatable bonds is 3. The monoisotopic (exact) mass is 345 g/mol. The molecular weight excluding hydrogens is 330 g/mol. The summed E-state index contributed by atoms with van der Waals surface area (Å²) in [5, 5.41) is 10.0. The van der Waals surface area contributed by atoms with Crippen molar-refractivity contribution in [3.05, 3.63) is 41.4 Å². The second-order valence-corrected chi connectivity index (χ2v) is 6.37. The van der Waals surface area contributed by atoms with E-state index in [9.17, 15) is 4.79 Å². The number of thiophene rings is 1. The van der Waals surface area contributed by atoms with Gasteiger partial charge in [0, 0.05) is 19.8 Å². The van der Waals surface area contributed by atoms with E-state index in [4.69, 9.17) is 9.26 Å². The summed E-state index contributed by atoms with van der Waals surface area (Å²) in [5.41, 5.74) is 0.530. The van der Waals surface area contributed by atoms with E-state index in [1.165, 1.54) is 11.3 Å². The van der Waals surface area contributed by atoms with Crippen LogP contribution in [0, 0.1) is 0 Å². The Kier molecular flexibility index (Phi) is 3.87. The van der Waals surface area contributed by atoms with Crippen molar-refractivity contribution in [2.45, 2.75) is 6.04 Å². The number of amides is 1. The van der Waals surface area contributed by atoms with E-state index in [2.05, 4.69) is 15.2 Å². The Morgan fingerprint density at radius 3 is 3.12 bits per heavy atom. The summed E-state index contributed by atoms with van der Waals surface area (Å²) >= 11 is 1.53. The van der Waals surface area contributed by atoms with Crippen LogP contribution in [0.4, 0.5) is 0 Å². The Hall–Kier alpha value is -2.52. The summed E-state index contributed by atoms with van der Waals surface area (Å²) in [6.45, 7) is 1.28. The lowest BCUT2D eigenvalue weighted by Crippen LogP contribution is -2.43. The molecule has 0 radical (unpaired) electrons. The molecule has 1 atom stereocenters. The number of carbonyl (C=O) groups excluding carboxylic acids is 1. The number of aromatic nitrogens is 4. The third-order valence-corrected chi connectivity index (χ3v) is 4.68. The molecule has 4 rings (SSSR count). The molecule has 0 bridgehead atoms. The Balaban J connectivity index is 1.61. The lowest BCUT2D eigenvalue weighted by atomic mass is 10.2. The largest absolute Gasteiger partial charge is 0.377 e. The highest BCUT2D eigenvalue weighted by molar-refractivity contribution is 7.13. The minimum atomic E-state index is -0.396. The van der Waals surface area contributed by atoms with Crippen molar-refractivity contribution in [3.8, 4) is 10.7 Å². The van der Waals surface area contributed by atoms with Gasteiger partial charge in [0.15, 0.2) is 0 Å². The zero-order chi connectivity index (χ0) is 16.5. The Morgan fingerprint density at radius 2 is 2.38 bits per heavy atom. The van der Waals surface area contributed by atoms with Crippen LogP contribution in [-0.4, -0.2) is 50.5 Å². The highest BCUT2D eigenvalue weighted by atomic mass is 32.1. The van der Waals surface area contributed by atoms with E-state index >= 15 is 0 Å². The molecule has 9 heteroatoms. The first kappa shape index (κ1) is 15.0. The Bertz CT molecular complexity index is 841. The summed E-state index contributed by atoms with van der Waals surface area (Å²) in [5.74, 6) is 0.793. The van der Waals surface area contributed by atoms with Gasteiger partial charge in [0.05, 0.1) is 29.9 Å². The predicted molar refractivity (Wildman–Crippen MR) is 85.4 cm³/mol. The van der Waals surface area contributed by atoms with Crippen molar-refractivity contribution in [1.29, 1.82) is 0 Å². The molecule has 0 aromatic carbocycles. The standard InChI is InChI=1S/C15H15N5O3S/c1-19-8-10(7-16-19)15(21)20-4-5-22-9-11(20)14-17-13(18-23-14)12-3-2-6-24-12/h2-3,6-8,11H,4-5,9H2,1H3/t11-/m1/s1. The number of hydrogen-bond donors (Lipinski definition) is 0. The van der Waals surface area contributed by atoms with Crippen LogP contribution >= 0.6 is 11.3 Å². The maximum Gasteiger partial charge on any atom is 0.257 e. The van der Waals surface area contributed by atoms with Crippen molar-refractivity contribution in [2.75, 3.05) is 19.8 Å². The highest BCUT2D eigenvalue weighted by Gasteiger charge is 2.34. The van der Waals surface area contributed by atoms with Gasteiger partial charge in [0.1, 0.15) is 6.04 Å². The van der Waals surface area contributed by atoms with Gasteiger partial charge in [-0.2, -0.15) is 10.1 Å². The highest BCUT2D eigenvalue weighted by Crippen LogP contribution is 2.28. The van der Waals surface area contributed by atoms with Crippen molar-refractivity contribution in [3.63, 3.8) is 0 Å². The van der Waals surface area contributed by atoms with Gasteiger partial charge in [-0.3, -0.25) is 9.48 Å². The fourth-order valence-corrected chi connectivity index (χ4v) is 3.27. The van der Waals surface area contributed by atoms with Gasteiger partial charge in [-0.15, -0.1) is 11.3 Å². The minimum Gasteiger partial charge on any atom is -0.377 e. The molecule has 0 N–H and O–H groups in total. The summed E-state index contributed by atoms with van der Waals surface area (Å²) < 4.78 is 12.5. The molecule has 1 saturated heterocycles. The van der Waals surface area contributed by atoms with E-state index in [0.29, 0.717) is 37.0 Å². The Labute approximate surface area is 141 Å². The summed E-state index contributed by atoms with van der Waals surface area (Å²) in [7, 11) is 1.78. The first-order chi connectivity index (χ1) is 11.7. The summed E-state index contributed by atoms with van der Waals surface area (Å²) in [6.07, 6.45) is 3.25. The number of aryl methyl sites for hydroxylation is 1. The molecule has 0 saturated carbocycles. The molecule has 0 spiro atoms. The summed E-state index contributed by atoms with van der Waals surface area (Å²) in [6, 6.07) is 3.46. The Morgan fingerprint density at radius 1 is 1.46 bits per heavy atom. The lowest BCUT2D eigenvalue weighted by molar-refractivity contribution is -0.0119. The third-order valence-electron chi connectivity index (χ3n) is 3.81. The number of hydrogen-bond acceptors (Lipinski definition) is 7. The van der Waals surface area contributed by atoms with Crippen LogP contribution in [0.3, 0.4) is 0 Å². The molecule has 0 unspecified atom stereocenters. The molecule has 3 aromatic rings. The molecule has 4 heterocycles. The topological polar surface area (TPSA) is 86.3 Å². The van der Waals surface area contributed by atoms with Crippen LogP contribution < -0.4 is 0 Å².